The maximum atomic E-state index is 13.7. The van der Waals surface area contributed by atoms with Crippen molar-refractivity contribution in [3.05, 3.63) is 48.0 Å². The number of sulfonamides is 1. The van der Waals surface area contributed by atoms with Crippen LogP contribution in [0.5, 0.6) is 17.2 Å². The highest BCUT2D eigenvalue weighted by Crippen LogP contribution is 2.36. The summed E-state index contributed by atoms with van der Waals surface area (Å²) in [6.45, 7) is 5.32. The average molecular weight is 534 g/mol. The van der Waals surface area contributed by atoms with Crippen molar-refractivity contribution in [3.8, 4) is 17.2 Å². The van der Waals surface area contributed by atoms with Crippen molar-refractivity contribution in [2.45, 2.75) is 46.2 Å². The number of nitrogens with one attached hydrogen (secondary N) is 1. The Labute approximate surface area is 218 Å². The van der Waals surface area contributed by atoms with Crippen LogP contribution in [0.15, 0.2) is 42.5 Å². The average Bonchev–Trinajstić information content (AvgIpc) is 3.38. The standard InChI is InChI=1S/C26H35N3O7S/c1-5-7-13-27-26(31)19(3)28(16-20-9-8-10-22(14-20)34-4)25(30)17-29(37(32,33)6-2)21-11-12-23-24(15-21)36-18-35-23/h8-12,14-15,19H,5-7,13,16-18H2,1-4H3,(H,27,31)/t19-/m1/s1. The number of carbonyl (C=O) groups is 2. The summed E-state index contributed by atoms with van der Waals surface area (Å²) in [6, 6.07) is 11.1. The molecule has 0 bridgehead atoms. The first-order chi connectivity index (χ1) is 17.7. The largest absolute Gasteiger partial charge is 0.497 e. The molecule has 2 aromatic rings. The van der Waals surface area contributed by atoms with Crippen LogP contribution in [0.2, 0.25) is 0 Å². The van der Waals surface area contributed by atoms with Gasteiger partial charge in [0.2, 0.25) is 28.6 Å². The molecule has 0 spiro atoms. The van der Waals surface area contributed by atoms with Crippen LogP contribution in [0, 0.1) is 0 Å². The fraction of sp³-hybridized carbons (Fsp3) is 0.462. The number of unbranched alkanes of at least 4 members (excludes halogenated alkanes) is 1. The maximum Gasteiger partial charge on any atom is 0.244 e. The van der Waals surface area contributed by atoms with Crippen molar-refractivity contribution in [1.82, 2.24) is 10.2 Å². The van der Waals surface area contributed by atoms with Crippen molar-refractivity contribution >= 4 is 27.5 Å². The van der Waals surface area contributed by atoms with Gasteiger partial charge in [-0.05, 0) is 50.1 Å². The predicted molar refractivity (Wildman–Crippen MR) is 140 cm³/mol. The highest BCUT2D eigenvalue weighted by Gasteiger charge is 2.31. The topological polar surface area (TPSA) is 114 Å². The van der Waals surface area contributed by atoms with E-state index in [-0.39, 0.29) is 30.7 Å². The Morgan fingerprint density at radius 1 is 1.11 bits per heavy atom. The first-order valence-corrected chi connectivity index (χ1v) is 13.9. The maximum absolute atomic E-state index is 13.7. The second-order valence-corrected chi connectivity index (χ2v) is 10.8. The second kappa shape index (κ2) is 12.7. The van der Waals surface area contributed by atoms with E-state index in [0.717, 1.165) is 22.7 Å². The molecule has 1 heterocycles. The zero-order valence-electron chi connectivity index (χ0n) is 21.7. The zero-order valence-corrected chi connectivity index (χ0v) is 22.5. The van der Waals surface area contributed by atoms with Gasteiger partial charge in [-0.15, -0.1) is 0 Å². The lowest BCUT2D eigenvalue weighted by molar-refractivity contribution is -0.139. The number of rotatable bonds is 13. The van der Waals surface area contributed by atoms with Crippen molar-refractivity contribution < 1.29 is 32.2 Å². The minimum absolute atomic E-state index is 0.0389. The third kappa shape index (κ3) is 7.06. The molecule has 3 rings (SSSR count). The summed E-state index contributed by atoms with van der Waals surface area (Å²) < 4.78 is 43.2. The smallest absolute Gasteiger partial charge is 0.244 e. The first-order valence-electron chi connectivity index (χ1n) is 12.3. The van der Waals surface area contributed by atoms with Gasteiger partial charge in [0.05, 0.1) is 18.6 Å². The first kappa shape index (κ1) is 28.1. The van der Waals surface area contributed by atoms with Crippen LogP contribution in [0.3, 0.4) is 0 Å². The fourth-order valence-corrected chi connectivity index (χ4v) is 4.90. The summed E-state index contributed by atoms with van der Waals surface area (Å²) in [6.07, 6.45) is 1.73. The second-order valence-electron chi connectivity index (χ2n) is 8.64. The third-order valence-corrected chi connectivity index (χ3v) is 7.85. The third-order valence-electron chi connectivity index (χ3n) is 6.11. The van der Waals surface area contributed by atoms with Crippen LogP contribution < -0.4 is 23.8 Å². The predicted octanol–water partition coefficient (Wildman–Crippen LogP) is 2.91. The van der Waals surface area contributed by atoms with Crippen LogP contribution in [0.1, 0.15) is 39.2 Å². The van der Waals surface area contributed by atoms with Crippen LogP contribution in [-0.2, 0) is 26.2 Å². The van der Waals surface area contributed by atoms with Gasteiger partial charge in [-0.3, -0.25) is 13.9 Å². The number of hydrogen-bond donors (Lipinski definition) is 1. The number of fused-ring (bicyclic) bond motifs is 1. The molecule has 11 heteroatoms. The molecule has 0 aromatic heterocycles. The number of amides is 2. The summed E-state index contributed by atoms with van der Waals surface area (Å²) in [5.74, 6) is 0.477. The Morgan fingerprint density at radius 3 is 2.57 bits per heavy atom. The molecule has 37 heavy (non-hydrogen) atoms. The molecule has 1 aliphatic rings. The summed E-state index contributed by atoms with van der Waals surface area (Å²) in [5.41, 5.74) is 1.02. The molecule has 0 saturated heterocycles. The highest BCUT2D eigenvalue weighted by atomic mass is 32.2. The van der Waals surface area contributed by atoms with E-state index in [2.05, 4.69) is 5.32 Å². The van der Waals surface area contributed by atoms with E-state index in [4.69, 9.17) is 14.2 Å². The summed E-state index contributed by atoms with van der Waals surface area (Å²) in [7, 11) is -2.29. The monoisotopic (exact) mass is 533 g/mol. The number of ether oxygens (including phenoxy) is 3. The van der Waals surface area contributed by atoms with Gasteiger partial charge in [0.25, 0.3) is 0 Å². The number of nitrogens with zero attached hydrogens (tertiary/aromatic N) is 2. The fourth-order valence-electron chi connectivity index (χ4n) is 3.85. The van der Waals surface area contributed by atoms with Crippen molar-refractivity contribution in [3.63, 3.8) is 0 Å². The highest BCUT2D eigenvalue weighted by molar-refractivity contribution is 7.92. The van der Waals surface area contributed by atoms with E-state index in [1.54, 1.807) is 44.4 Å². The van der Waals surface area contributed by atoms with Gasteiger partial charge in [-0.2, -0.15) is 0 Å². The molecule has 0 saturated carbocycles. The molecule has 10 nitrogen and oxygen atoms in total. The Bertz CT molecular complexity index is 1200. The summed E-state index contributed by atoms with van der Waals surface area (Å²) >= 11 is 0. The number of hydrogen-bond acceptors (Lipinski definition) is 7. The van der Waals surface area contributed by atoms with E-state index in [0.29, 0.717) is 23.8 Å². The Morgan fingerprint density at radius 2 is 1.86 bits per heavy atom. The Kier molecular flexibility index (Phi) is 9.62. The molecule has 0 radical (unpaired) electrons. The van der Waals surface area contributed by atoms with Crippen molar-refractivity contribution in [2.75, 3.05) is 37.1 Å². The Balaban J connectivity index is 1.92. The lowest BCUT2D eigenvalue weighted by Gasteiger charge is -2.32. The molecule has 2 aromatic carbocycles. The number of anilines is 1. The minimum Gasteiger partial charge on any atom is -0.497 e. The normalized spacial score (nSPS) is 13.1. The van der Waals surface area contributed by atoms with Gasteiger partial charge < -0.3 is 24.4 Å². The molecule has 1 aliphatic heterocycles. The van der Waals surface area contributed by atoms with Crippen LogP contribution >= 0.6 is 0 Å². The molecular formula is C26H35N3O7S. The summed E-state index contributed by atoms with van der Waals surface area (Å²) in [5, 5.41) is 2.86. The minimum atomic E-state index is -3.84. The Hall–Kier alpha value is -3.47. The van der Waals surface area contributed by atoms with Gasteiger partial charge in [0, 0.05) is 19.2 Å². The number of carbonyl (C=O) groups excluding carboxylic acids is 2. The molecule has 1 atom stereocenters. The summed E-state index contributed by atoms with van der Waals surface area (Å²) in [4.78, 5) is 28.0. The molecule has 202 valence electrons. The van der Waals surface area contributed by atoms with Crippen LogP contribution in [-0.4, -0.2) is 63.9 Å². The van der Waals surface area contributed by atoms with Gasteiger partial charge in [0.15, 0.2) is 11.5 Å². The van der Waals surface area contributed by atoms with Crippen molar-refractivity contribution in [2.24, 2.45) is 0 Å². The van der Waals surface area contributed by atoms with E-state index in [9.17, 15) is 18.0 Å². The van der Waals surface area contributed by atoms with Crippen LogP contribution in [0.25, 0.3) is 0 Å². The zero-order chi connectivity index (χ0) is 27.0. The molecule has 1 N–H and O–H groups in total. The van der Waals surface area contributed by atoms with E-state index in [1.165, 1.54) is 17.9 Å². The van der Waals surface area contributed by atoms with Crippen LogP contribution in [0.4, 0.5) is 5.69 Å². The van der Waals surface area contributed by atoms with Gasteiger partial charge in [0.1, 0.15) is 18.3 Å². The molecule has 2 amide bonds. The van der Waals surface area contributed by atoms with E-state index < -0.39 is 28.5 Å². The van der Waals surface area contributed by atoms with E-state index in [1.807, 2.05) is 13.0 Å². The molecular weight excluding hydrogens is 498 g/mol. The lowest BCUT2D eigenvalue weighted by Crippen LogP contribution is -2.51. The quantitative estimate of drug-likeness (QED) is 0.394. The lowest BCUT2D eigenvalue weighted by atomic mass is 10.1. The van der Waals surface area contributed by atoms with Gasteiger partial charge in [-0.1, -0.05) is 25.5 Å². The van der Waals surface area contributed by atoms with E-state index >= 15 is 0 Å². The molecule has 0 fully saturated rings. The van der Waals surface area contributed by atoms with Gasteiger partial charge >= 0.3 is 0 Å². The number of methoxy groups -OCH3 is 1. The van der Waals surface area contributed by atoms with Gasteiger partial charge in [-0.25, -0.2) is 8.42 Å². The molecule has 0 aliphatic carbocycles. The van der Waals surface area contributed by atoms with Crippen molar-refractivity contribution in [1.29, 1.82) is 0 Å². The molecule has 0 unspecified atom stereocenters. The number of benzene rings is 2. The SMILES string of the molecule is CCCCNC(=O)[C@@H](C)N(Cc1cccc(OC)c1)C(=O)CN(c1ccc2c(c1)OCO2)S(=O)(=O)CC.